The zero-order valence-corrected chi connectivity index (χ0v) is 11.5. The van der Waals surface area contributed by atoms with E-state index in [2.05, 4.69) is 4.98 Å². The van der Waals surface area contributed by atoms with Crippen molar-refractivity contribution < 1.29 is 14.3 Å². The number of carboxylic acid groups (broad SMARTS) is 1. The number of hydrogen-bond acceptors (Lipinski definition) is 5. The van der Waals surface area contributed by atoms with Crippen molar-refractivity contribution in [1.82, 2.24) is 4.98 Å². The van der Waals surface area contributed by atoms with Gasteiger partial charge in [0.25, 0.3) is 0 Å². The van der Waals surface area contributed by atoms with Crippen LogP contribution in [0.3, 0.4) is 0 Å². The van der Waals surface area contributed by atoms with Gasteiger partial charge in [-0.1, -0.05) is 0 Å². The Labute approximate surface area is 117 Å². The third-order valence-electron chi connectivity index (χ3n) is 2.66. The number of carboxylic acids is 1. The summed E-state index contributed by atoms with van der Waals surface area (Å²) >= 11 is 2.87. The number of thiazole rings is 1. The highest BCUT2D eigenvalue weighted by molar-refractivity contribution is 7.15. The van der Waals surface area contributed by atoms with Gasteiger partial charge in [-0.3, -0.25) is 0 Å². The number of furan rings is 1. The number of carbonyl (C=O) groups is 1. The Morgan fingerprint density at radius 2 is 2.21 bits per heavy atom. The molecule has 0 spiro atoms. The molecule has 0 aliphatic rings. The number of thiophene rings is 1. The van der Waals surface area contributed by atoms with Crippen LogP contribution >= 0.6 is 22.7 Å². The highest BCUT2D eigenvalue weighted by Crippen LogP contribution is 2.33. The lowest BCUT2D eigenvalue weighted by atomic mass is 10.3. The maximum atomic E-state index is 10.9. The Bertz CT molecular complexity index is 739. The normalized spacial score (nSPS) is 10.8. The third-order valence-corrected chi connectivity index (χ3v) is 4.45. The molecule has 3 rings (SSSR count). The van der Waals surface area contributed by atoms with Crippen LogP contribution in [-0.2, 0) is 0 Å². The van der Waals surface area contributed by atoms with E-state index in [9.17, 15) is 4.79 Å². The minimum atomic E-state index is -0.917. The summed E-state index contributed by atoms with van der Waals surface area (Å²) in [6.07, 6.45) is 1.64. The highest BCUT2D eigenvalue weighted by Gasteiger charge is 2.14. The van der Waals surface area contributed by atoms with Crippen molar-refractivity contribution in [3.63, 3.8) is 0 Å². The molecule has 0 radical (unpaired) electrons. The van der Waals surface area contributed by atoms with E-state index in [-0.39, 0.29) is 0 Å². The van der Waals surface area contributed by atoms with Crippen molar-refractivity contribution in [2.75, 3.05) is 0 Å². The minimum absolute atomic E-state index is 0.295. The Morgan fingerprint density at radius 1 is 1.37 bits per heavy atom. The van der Waals surface area contributed by atoms with Gasteiger partial charge in [0.05, 0.1) is 22.4 Å². The number of aromatic carboxylic acids is 1. The Hall–Kier alpha value is -1.92. The minimum Gasteiger partial charge on any atom is -0.478 e. The third kappa shape index (κ3) is 2.20. The molecule has 3 aromatic rings. The molecule has 0 saturated heterocycles. The second-order valence-corrected chi connectivity index (χ2v) is 5.74. The van der Waals surface area contributed by atoms with E-state index in [1.807, 2.05) is 18.4 Å². The predicted octanol–water partition coefficient (Wildman–Crippen LogP) is 4.14. The Kier molecular flexibility index (Phi) is 2.96. The summed E-state index contributed by atoms with van der Waals surface area (Å²) in [6.45, 7) is 1.97. The number of nitrogens with zero attached hydrogens (tertiary/aromatic N) is 1. The first-order valence-electron chi connectivity index (χ1n) is 5.47. The van der Waals surface area contributed by atoms with Crippen LogP contribution in [0, 0.1) is 6.92 Å². The van der Waals surface area contributed by atoms with Crippen LogP contribution in [-0.4, -0.2) is 16.1 Å². The fourth-order valence-electron chi connectivity index (χ4n) is 1.67. The largest absolute Gasteiger partial charge is 0.478 e. The van der Waals surface area contributed by atoms with Gasteiger partial charge >= 0.3 is 5.97 Å². The van der Waals surface area contributed by atoms with Gasteiger partial charge in [0.15, 0.2) is 10.8 Å². The molecule has 19 heavy (non-hydrogen) atoms. The summed E-state index contributed by atoms with van der Waals surface area (Å²) < 4.78 is 5.40. The maximum absolute atomic E-state index is 10.9. The fraction of sp³-hybridized carbons (Fsp3) is 0.0769. The predicted molar refractivity (Wildman–Crippen MR) is 74.8 cm³/mol. The van der Waals surface area contributed by atoms with E-state index >= 15 is 0 Å². The SMILES string of the molecule is Cc1ccoc1-c1nc(-c2cc(C(=O)O)cs2)cs1. The number of hydrogen-bond donors (Lipinski definition) is 1. The second-order valence-electron chi connectivity index (χ2n) is 3.98. The maximum Gasteiger partial charge on any atom is 0.336 e. The first-order valence-corrected chi connectivity index (χ1v) is 7.23. The van der Waals surface area contributed by atoms with Crippen LogP contribution in [0.15, 0.2) is 33.6 Å². The number of aryl methyl sites for hydroxylation is 1. The molecule has 3 aromatic heterocycles. The molecular weight excluding hydrogens is 282 g/mol. The lowest BCUT2D eigenvalue weighted by Gasteiger charge is -1.91. The van der Waals surface area contributed by atoms with Crippen LogP contribution in [0.2, 0.25) is 0 Å². The van der Waals surface area contributed by atoms with Gasteiger partial charge in [0, 0.05) is 10.8 Å². The zero-order chi connectivity index (χ0) is 13.4. The first-order chi connectivity index (χ1) is 9.15. The summed E-state index contributed by atoms with van der Waals surface area (Å²) in [5.74, 6) is -0.147. The van der Waals surface area contributed by atoms with Crippen molar-refractivity contribution in [3.05, 3.63) is 40.3 Å². The molecule has 0 aliphatic heterocycles. The molecule has 1 N–H and O–H groups in total. The summed E-state index contributed by atoms with van der Waals surface area (Å²) in [6, 6.07) is 3.53. The van der Waals surface area contributed by atoms with Crippen LogP contribution in [0.5, 0.6) is 0 Å². The van der Waals surface area contributed by atoms with Crippen molar-refractivity contribution >= 4 is 28.6 Å². The zero-order valence-electron chi connectivity index (χ0n) is 9.91. The van der Waals surface area contributed by atoms with Crippen molar-refractivity contribution in [2.45, 2.75) is 6.92 Å². The first kappa shape index (κ1) is 12.1. The standard InChI is InChI=1S/C13H9NO3S2/c1-7-2-3-17-11(7)12-14-9(6-19-12)10-4-8(5-18-10)13(15)16/h2-6H,1H3,(H,15,16). The molecule has 96 valence electrons. The molecule has 0 fully saturated rings. The molecule has 6 heteroatoms. The smallest absolute Gasteiger partial charge is 0.336 e. The summed E-state index contributed by atoms with van der Waals surface area (Å²) in [5.41, 5.74) is 2.12. The van der Waals surface area contributed by atoms with Crippen LogP contribution in [0.4, 0.5) is 0 Å². The van der Waals surface area contributed by atoms with E-state index < -0.39 is 5.97 Å². The van der Waals surface area contributed by atoms with Gasteiger partial charge < -0.3 is 9.52 Å². The number of aromatic nitrogens is 1. The molecule has 3 heterocycles. The van der Waals surface area contributed by atoms with Crippen molar-refractivity contribution in [1.29, 1.82) is 0 Å². The van der Waals surface area contributed by atoms with E-state index in [0.717, 1.165) is 26.9 Å². The van der Waals surface area contributed by atoms with Gasteiger partial charge in [-0.05, 0) is 24.6 Å². The summed E-state index contributed by atoms with van der Waals surface area (Å²) in [4.78, 5) is 16.2. The summed E-state index contributed by atoms with van der Waals surface area (Å²) in [7, 11) is 0. The van der Waals surface area contributed by atoms with Gasteiger partial charge in [-0.15, -0.1) is 22.7 Å². The molecule has 0 aromatic carbocycles. The van der Waals surface area contributed by atoms with E-state index in [1.165, 1.54) is 22.7 Å². The number of rotatable bonds is 3. The van der Waals surface area contributed by atoms with E-state index in [1.54, 1.807) is 17.7 Å². The second kappa shape index (κ2) is 4.64. The van der Waals surface area contributed by atoms with Crippen molar-refractivity contribution in [2.24, 2.45) is 0 Å². The van der Waals surface area contributed by atoms with Gasteiger partial charge in [-0.25, -0.2) is 9.78 Å². The molecule has 4 nitrogen and oxygen atoms in total. The van der Waals surface area contributed by atoms with Crippen LogP contribution in [0.25, 0.3) is 21.3 Å². The quantitative estimate of drug-likeness (QED) is 0.787. The summed E-state index contributed by atoms with van der Waals surface area (Å²) in [5, 5.41) is 13.3. The average Bonchev–Trinajstić information content (AvgIpc) is 3.07. The molecule has 0 bridgehead atoms. The fourth-order valence-corrected chi connectivity index (χ4v) is 3.45. The molecular formula is C13H9NO3S2. The lowest BCUT2D eigenvalue weighted by Crippen LogP contribution is -1.91. The molecule has 0 aliphatic carbocycles. The Balaban J connectivity index is 1.97. The molecule has 0 saturated carbocycles. The lowest BCUT2D eigenvalue weighted by molar-refractivity contribution is 0.0697. The van der Waals surface area contributed by atoms with Gasteiger partial charge in [0.2, 0.25) is 0 Å². The Morgan fingerprint density at radius 3 is 2.84 bits per heavy atom. The monoisotopic (exact) mass is 291 g/mol. The molecule has 0 amide bonds. The van der Waals surface area contributed by atoms with E-state index in [0.29, 0.717) is 5.56 Å². The van der Waals surface area contributed by atoms with Crippen LogP contribution < -0.4 is 0 Å². The van der Waals surface area contributed by atoms with Crippen molar-refractivity contribution in [3.8, 4) is 21.3 Å². The molecule has 0 unspecified atom stereocenters. The highest BCUT2D eigenvalue weighted by atomic mass is 32.1. The van der Waals surface area contributed by atoms with E-state index in [4.69, 9.17) is 9.52 Å². The van der Waals surface area contributed by atoms with Gasteiger partial charge in [-0.2, -0.15) is 0 Å². The average molecular weight is 291 g/mol. The topological polar surface area (TPSA) is 63.3 Å². The molecule has 0 atom stereocenters. The van der Waals surface area contributed by atoms with Gasteiger partial charge in [0.1, 0.15) is 0 Å². The van der Waals surface area contributed by atoms with Crippen LogP contribution in [0.1, 0.15) is 15.9 Å².